The molecule has 0 amide bonds. The van der Waals surface area contributed by atoms with Gasteiger partial charge < -0.3 is 4.57 Å². The second-order valence-corrected chi connectivity index (χ2v) is 5.47. The molecular formula is C15H20N2. The van der Waals surface area contributed by atoms with Crippen LogP contribution < -0.4 is 0 Å². The highest BCUT2D eigenvalue weighted by molar-refractivity contribution is 5.75. The van der Waals surface area contributed by atoms with Crippen molar-refractivity contribution in [3.8, 4) is 0 Å². The van der Waals surface area contributed by atoms with Gasteiger partial charge in [0, 0.05) is 13.0 Å². The van der Waals surface area contributed by atoms with E-state index in [1.165, 1.54) is 37.0 Å². The maximum absolute atomic E-state index is 4.82. The predicted molar refractivity (Wildman–Crippen MR) is 71.1 cm³/mol. The van der Waals surface area contributed by atoms with Crippen molar-refractivity contribution in [1.82, 2.24) is 9.55 Å². The van der Waals surface area contributed by atoms with Crippen LogP contribution >= 0.6 is 0 Å². The van der Waals surface area contributed by atoms with Gasteiger partial charge in [0.1, 0.15) is 5.82 Å². The van der Waals surface area contributed by atoms with E-state index in [0.29, 0.717) is 5.92 Å². The molecule has 0 unspecified atom stereocenters. The van der Waals surface area contributed by atoms with Gasteiger partial charge in [0.2, 0.25) is 0 Å². The second-order valence-electron chi connectivity index (χ2n) is 5.47. The number of para-hydroxylation sites is 2. The van der Waals surface area contributed by atoms with Crippen LogP contribution in [0.4, 0.5) is 0 Å². The highest BCUT2D eigenvalue weighted by atomic mass is 15.1. The highest BCUT2D eigenvalue weighted by Crippen LogP contribution is 2.35. The van der Waals surface area contributed by atoms with E-state index in [-0.39, 0.29) is 0 Å². The van der Waals surface area contributed by atoms with E-state index >= 15 is 0 Å². The summed E-state index contributed by atoms with van der Waals surface area (Å²) in [6.45, 7) is 2.37. The molecule has 90 valence electrons. The molecule has 0 radical (unpaired) electrons. The molecule has 0 saturated heterocycles. The van der Waals surface area contributed by atoms with Crippen LogP contribution in [0.25, 0.3) is 11.0 Å². The Morgan fingerprint density at radius 3 is 2.53 bits per heavy atom. The van der Waals surface area contributed by atoms with Crippen molar-refractivity contribution in [2.45, 2.75) is 38.5 Å². The van der Waals surface area contributed by atoms with Crippen LogP contribution in [0.3, 0.4) is 0 Å². The number of benzene rings is 1. The molecule has 1 fully saturated rings. The zero-order chi connectivity index (χ0) is 11.8. The number of aryl methyl sites for hydroxylation is 1. The van der Waals surface area contributed by atoms with E-state index < -0.39 is 0 Å². The van der Waals surface area contributed by atoms with E-state index in [0.717, 1.165) is 11.4 Å². The average molecular weight is 228 g/mol. The van der Waals surface area contributed by atoms with Crippen LogP contribution in [0.1, 0.15) is 44.3 Å². The molecule has 2 aromatic rings. The Bertz CT molecular complexity index is 519. The van der Waals surface area contributed by atoms with Gasteiger partial charge in [0.25, 0.3) is 0 Å². The maximum atomic E-state index is 4.82. The quantitative estimate of drug-likeness (QED) is 0.724. The summed E-state index contributed by atoms with van der Waals surface area (Å²) in [5.74, 6) is 2.86. The topological polar surface area (TPSA) is 17.8 Å². The fourth-order valence-electron chi connectivity index (χ4n) is 3.05. The van der Waals surface area contributed by atoms with E-state index in [4.69, 9.17) is 4.98 Å². The maximum Gasteiger partial charge on any atom is 0.112 e. The van der Waals surface area contributed by atoms with Crippen molar-refractivity contribution in [1.29, 1.82) is 0 Å². The Labute approximate surface area is 103 Å². The van der Waals surface area contributed by atoms with Gasteiger partial charge in [-0.25, -0.2) is 4.98 Å². The van der Waals surface area contributed by atoms with Gasteiger partial charge in [0.15, 0.2) is 0 Å². The summed E-state index contributed by atoms with van der Waals surface area (Å²) < 4.78 is 2.29. The lowest BCUT2D eigenvalue weighted by molar-refractivity contribution is 0.337. The predicted octanol–water partition coefficient (Wildman–Crippen LogP) is 3.87. The van der Waals surface area contributed by atoms with Crippen LogP contribution in [-0.2, 0) is 7.05 Å². The number of rotatable bonds is 1. The molecule has 1 aliphatic carbocycles. The number of hydrogen-bond donors (Lipinski definition) is 0. The van der Waals surface area contributed by atoms with E-state index in [2.05, 4.69) is 42.8 Å². The molecule has 1 aliphatic rings. The second kappa shape index (κ2) is 4.17. The summed E-state index contributed by atoms with van der Waals surface area (Å²) in [5, 5.41) is 0. The first-order valence-electron chi connectivity index (χ1n) is 6.67. The highest BCUT2D eigenvalue weighted by Gasteiger charge is 2.23. The molecule has 2 heteroatoms. The third kappa shape index (κ3) is 1.86. The number of aromatic nitrogens is 2. The lowest BCUT2D eigenvalue weighted by Gasteiger charge is -2.25. The first-order chi connectivity index (χ1) is 8.25. The van der Waals surface area contributed by atoms with E-state index in [1.54, 1.807) is 0 Å². The van der Waals surface area contributed by atoms with Crippen LogP contribution in [0.2, 0.25) is 0 Å². The monoisotopic (exact) mass is 228 g/mol. The van der Waals surface area contributed by atoms with Gasteiger partial charge in [-0.15, -0.1) is 0 Å². The molecule has 1 aromatic heterocycles. The Kier molecular flexibility index (Phi) is 2.65. The lowest BCUT2D eigenvalue weighted by atomic mass is 9.82. The van der Waals surface area contributed by atoms with Crippen molar-refractivity contribution >= 4 is 11.0 Å². The third-order valence-corrected chi connectivity index (χ3v) is 4.20. The van der Waals surface area contributed by atoms with Gasteiger partial charge in [-0.2, -0.15) is 0 Å². The summed E-state index contributed by atoms with van der Waals surface area (Å²) in [5.41, 5.74) is 2.41. The van der Waals surface area contributed by atoms with Crippen LogP contribution in [0, 0.1) is 5.92 Å². The molecule has 1 heterocycles. The molecule has 2 nitrogen and oxygen atoms in total. The van der Waals surface area contributed by atoms with Crippen LogP contribution in [0.5, 0.6) is 0 Å². The summed E-state index contributed by atoms with van der Waals surface area (Å²) >= 11 is 0. The zero-order valence-corrected chi connectivity index (χ0v) is 10.7. The summed E-state index contributed by atoms with van der Waals surface area (Å²) in [6, 6.07) is 8.44. The van der Waals surface area contributed by atoms with Crippen molar-refractivity contribution < 1.29 is 0 Å². The Balaban J connectivity index is 1.97. The Hall–Kier alpha value is -1.31. The van der Waals surface area contributed by atoms with Crippen LogP contribution in [-0.4, -0.2) is 9.55 Å². The molecule has 0 atom stereocenters. The fraction of sp³-hybridized carbons (Fsp3) is 0.533. The molecule has 0 aliphatic heterocycles. The lowest BCUT2D eigenvalue weighted by Crippen LogP contribution is -2.14. The van der Waals surface area contributed by atoms with E-state index in [9.17, 15) is 0 Å². The standard InChI is InChI=1S/C15H20N2/c1-11-7-9-12(10-8-11)15-16-13-5-3-4-6-14(13)17(15)2/h3-6,11-12H,7-10H2,1-2H3. The Morgan fingerprint density at radius 2 is 1.82 bits per heavy atom. The number of fused-ring (bicyclic) bond motifs is 1. The Morgan fingerprint density at radius 1 is 1.12 bits per heavy atom. The molecule has 0 N–H and O–H groups in total. The molecule has 0 bridgehead atoms. The molecule has 0 spiro atoms. The first-order valence-corrected chi connectivity index (χ1v) is 6.67. The average Bonchev–Trinajstić information content (AvgIpc) is 2.69. The summed E-state index contributed by atoms with van der Waals surface area (Å²) in [4.78, 5) is 4.82. The first kappa shape index (κ1) is 10.8. The molecule has 3 rings (SSSR count). The normalized spacial score (nSPS) is 25.3. The van der Waals surface area contributed by atoms with Gasteiger partial charge >= 0.3 is 0 Å². The largest absolute Gasteiger partial charge is 0.331 e. The fourth-order valence-corrected chi connectivity index (χ4v) is 3.05. The molecule has 1 aromatic carbocycles. The number of imidazole rings is 1. The number of hydrogen-bond acceptors (Lipinski definition) is 1. The molecule has 17 heavy (non-hydrogen) atoms. The van der Waals surface area contributed by atoms with E-state index in [1.807, 2.05) is 0 Å². The molecule has 1 saturated carbocycles. The molecular weight excluding hydrogens is 208 g/mol. The zero-order valence-electron chi connectivity index (χ0n) is 10.7. The van der Waals surface area contributed by atoms with Gasteiger partial charge in [-0.1, -0.05) is 31.9 Å². The van der Waals surface area contributed by atoms with Crippen molar-refractivity contribution in [2.24, 2.45) is 13.0 Å². The van der Waals surface area contributed by atoms with Crippen molar-refractivity contribution in [3.63, 3.8) is 0 Å². The minimum atomic E-state index is 0.670. The number of nitrogens with zero attached hydrogens (tertiary/aromatic N) is 2. The smallest absolute Gasteiger partial charge is 0.112 e. The minimum absolute atomic E-state index is 0.670. The van der Waals surface area contributed by atoms with Gasteiger partial charge in [-0.05, 0) is 30.9 Å². The summed E-state index contributed by atoms with van der Waals surface area (Å²) in [7, 11) is 2.16. The third-order valence-electron chi connectivity index (χ3n) is 4.20. The van der Waals surface area contributed by atoms with Gasteiger partial charge in [-0.3, -0.25) is 0 Å². The van der Waals surface area contributed by atoms with Crippen LogP contribution in [0.15, 0.2) is 24.3 Å². The van der Waals surface area contributed by atoms with Gasteiger partial charge in [0.05, 0.1) is 11.0 Å². The summed E-state index contributed by atoms with van der Waals surface area (Å²) in [6.07, 6.45) is 5.32. The minimum Gasteiger partial charge on any atom is -0.331 e. The van der Waals surface area contributed by atoms with Crippen molar-refractivity contribution in [3.05, 3.63) is 30.1 Å². The SMILES string of the molecule is CC1CCC(c2nc3ccccc3n2C)CC1. The van der Waals surface area contributed by atoms with Crippen molar-refractivity contribution in [2.75, 3.05) is 0 Å².